The third-order valence-corrected chi connectivity index (χ3v) is 5.96. The van der Waals surface area contributed by atoms with E-state index in [1.165, 1.54) is 0 Å². The van der Waals surface area contributed by atoms with Crippen molar-refractivity contribution in [2.75, 3.05) is 26.2 Å². The molecule has 1 saturated heterocycles. The summed E-state index contributed by atoms with van der Waals surface area (Å²) in [6.45, 7) is 8.64. The first-order chi connectivity index (χ1) is 12.5. The highest BCUT2D eigenvalue weighted by molar-refractivity contribution is 5.77. The Morgan fingerprint density at radius 2 is 1.85 bits per heavy atom. The Morgan fingerprint density at radius 1 is 1.19 bits per heavy atom. The van der Waals surface area contributed by atoms with Crippen LogP contribution in [0.5, 0.6) is 5.75 Å². The summed E-state index contributed by atoms with van der Waals surface area (Å²) < 4.78 is 6.45. The molecule has 0 aliphatic carbocycles. The maximum absolute atomic E-state index is 12.7. The predicted octanol–water partition coefficient (Wildman–Crippen LogP) is 3.19. The number of nitrogens with zero attached hydrogens (tertiary/aromatic N) is 2. The van der Waals surface area contributed by atoms with Crippen LogP contribution in [0.25, 0.3) is 0 Å². The largest absolute Gasteiger partial charge is 0.487 e. The van der Waals surface area contributed by atoms with E-state index in [0.717, 1.165) is 56.8 Å². The summed E-state index contributed by atoms with van der Waals surface area (Å²) in [5.41, 5.74) is 0.891. The standard InChI is InChI=1S/C21H30N2O3/c1-4-22(5-2)20(25)14-17-15-21(10-12-23(13-11-21)16(3)24)26-19-9-7-6-8-18(17)19/h6-9,17H,4-5,10-15H2,1-3H3/t17-/m1/s1. The van der Waals surface area contributed by atoms with E-state index >= 15 is 0 Å². The second-order valence-electron chi connectivity index (χ2n) is 7.50. The highest BCUT2D eigenvalue weighted by Gasteiger charge is 2.44. The lowest BCUT2D eigenvalue weighted by Crippen LogP contribution is -2.51. The van der Waals surface area contributed by atoms with Crippen molar-refractivity contribution >= 4 is 11.8 Å². The summed E-state index contributed by atoms with van der Waals surface area (Å²) in [4.78, 5) is 28.2. The fourth-order valence-corrected chi connectivity index (χ4v) is 4.38. The number of carbonyl (C=O) groups excluding carboxylic acids is 2. The molecular formula is C21H30N2O3. The number of fused-ring (bicyclic) bond motifs is 1. The van der Waals surface area contributed by atoms with Crippen LogP contribution in [0.3, 0.4) is 0 Å². The highest BCUT2D eigenvalue weighted by atomic mass is 16.5. The van der Waals surface area contributed by atoms with Crippen molar-refractivity contribution in [2.45, 2.75) is 58.0 Å². The number of rotatable bonds is 4. The molecule has 0 bridgehead atoms. The number of para-hydroxylation sites is 1. The molecule has 0 radical (unpaired) electrons. The maximum Gasteiger partial charge on any atom is 0.223 e. The van der Waals surface area contributed by atoms with Crippen molar-refractivity contribution in [2.24, 2.45) is 0 Å². The van der Waals surface area contributed by atoms with Crippen molar-refractivity contribution in [3.8, 4) is 5.75 Å². The van der Waals surface area contributed by atoms with Gasteiger partial charge in [0, 0.05) is 58.3 Å². The number of piperidine rings is 1. The van der Waals surface area contributed by atoms with Gasteiger partial charge in [-0.1, -0.05) is 18.2 Å². The molecule has 2 amide bonds. The first-order valence-corrected chi connectivity index (χ1v) is 9.79. The van der Waals surface area contributed by atoms with Gasteiger partial charge in [-0.3, -0.25) is 9.59 Å². The van der Waals surface area contributed by atoms with E-state index < -0.39 is 0 Å². The summed E-state index contributed by atoms with van der Waals surface area (Å²) in [6, 6.07) is 8.12. The normalized spacial score (nSPS) is 21.0. The molecule has 0 saturated carbocycles. The van der Waals surface area contributed by atoms with Crippen molar-refractivity contribution in [1.82, 2.24) is 9.80 Å². The Balaban J connectivity index is 1.81. The number of hydrogen-bond donors (Lipinski definition) is 0. The Morgan fingerprint density at radius 3 is 2.46 bits per heavy atom. The summed E-state index contributed by atoms with van der Waals surface area (Å²) in [5, 5.41) is 0. The van der Waals surface area contributed by atoms with Crippen LogP contribution < -0.4 is 4.74 Å². The molecule has 0 unspecified atom stereocenters. The van der Waals surface area contributed by atoms with Crippen LogP contribution in [0.15, 0.2) is 24.3 Å². The van der Waals surface area contributed by atoms with Crippen LogP contribution in [0.1, 0.15) is 57.9 Å². The first-order valence-electron chi connectivity index (χ1n) is 9.79. The molecule has 2 heterocycles. The molecule has 1 atom stereocenters. The zero-order chi connectivity index (χ0) is 18.7. The molecule has 3 rings (SSSR count). The van der Waals surface area contributed by atoms with E-state index in [4.69, 9.17) is 4.74 Å². The molecule has 1 fully saturated rings. The molecular weight excluding hydrogens is 328 g/mol. The molecule has 0 N–H and O–H groups in total. The third kappa shape index (κ3) is 3.71. The van der Waals surface area contributed by atoms with Crippen molar-refractivity contribution in [1.29, 1.82) is 0 Å². The van der Waals surface area contributed by atoms with E-state index in [2.05, 4.69) is 6.07 Å². The Hall–Kier alpha value is -2.04. The van der Waals surface area contributed by atoms with Gasteiger partial charge in [-0.15, -0.1) is 0 Å². The van der Waals surface area contributed by atoms with Crippen LogP contribution >= 0.6 is 0 Å². The molecule has 2 aliphatic heterocycles. The van der Waals surface area contributed by atoms with E-state index in [1.807, 2.05) is 41.8 Å². The fourth-order valence-electron chi connectivity index (χ4n) is 4.38. The summed E-state index contributed by atoms with van der Waals surface area (Å²) in [5.74, 6) is 1.43. The van der Waals surface area contributed by atoms with Gasteiger partial charge in [0.1, 0.15) is 11.4 Å². The van der Waals surface area contributed by atoms with Gasteiger partial charge in [0.2, 0.25) is 11.8 Å². The van der Waals surface area contributed by atoms with E-state index in [9.17, 15) is 9.59 Å². The molecule has 26 heavy (non-hydrogen) atoms. The number of hydrogen-bond acceptors (Lipinski definition) is 3. The van der Waals surface area contributed by atoms with Crippen LogP contribution in [-0.2, 0) is 9.59 Å². The lowest BCUT2D eigenvalue weighted by atomic mass is 9.76. The van der Waals surface area contributed by atoms with Gasteiger partial charge in [-0.05, 0) is 31.9 Å². The van der Waals surface area contributed by atoms with Gasteiger partial charge in [0.15, 0.2) is 0 Å². The average molecular weight is 358 g/mol. The van der Waals surface area contributed by atoms with Gasteiger partial charge in [0.05, 0.1) is 0 Å². The molecule has 142 valence electrons. The van der Waals surface area contributed by atoms with Crippen LogP contribution in [0.4, 0.5) is 0 Å². The van der Waals surface area contributed by atoms with Crippen molar-refractivity contribution in [3.63, 3.8) is 0 Å². The molecule has 2 aliphatic rings. The van der Waals surface area contributed by atoms with Gasteiger partial charge >= 0.3 is 0 Å². The third-order valence-electron chi connectivity index (χ3n) is 5.96. The van der Waals surface area contributed by atoms with Gasteiger partial charge in [-0.2, -0.15) is 0 Å². The monoisotopic (exact) mass is 358 g/mol. The topological polar surface area (TPSA) is 49.9 Å². The predicted molar refractivity (Wildman–Crippen MR) is 101 cm³/mol. The Kier molecular flexibility index (Phi) is 5.54. The number of likely N-dealkylation sites (tertiary alicyclic amines) is 1. The summed E-state index contributed by atoms with van der Waals surface area (Å²) >= 11 is 0. The molecule has 0 aromatic heterocycles. The first kappa shape index (κ1) is 18.7. The maximum atomic E-state index is 12.7. The summed E-state index contributed by atoms with van der Waals surface area (Å²) in [7, 11) is 0. The lowest BCUT2D eigenvalue weighted by Gasteiger charge is -2.47. The van der Waals surface area contributed by atoms with E-state index in [0.29, 0.717) is 6.42 Å². The quantitative estimate of drug-likeness (QED) is 0.830. The minimum Gasteiger partial charge on any atom is -0.487 e. The van der Waals surface area contributed by atoms with Crippen molar-refractivity contribution in [3.05, 3.63) is 29.8 Å². The average Bonchev–Trinajstić information content (AvgIpc) is 2.63. The highest BCUT2D eigenvalue weighted by Crippen LogP contribution is 2.46. The number of carbonyl (C=O) groups is 2. The Labute approximate surface area is 156 Å². The number of ether oxygens (including phenoxy) is 1. The zero-order valence-electron chi connectivity index (χ0n) is 16.2. The number of benzene rings is 1. The fraction of sp³-hybridized carbons (Fsp3) is 0.619. The Bertz CT molecular complexity index is 661. The van der Waals surface area contributed by atoms with Crippen LogP contribution in [-0.4, -0.2) is 53.4 Å². The second-order valence-corrected chi connectivity index (χ2v) is 7.50. The van der Waals surface area contributed by atoms with Gasteiger partial charge in [0.25, 0.3) is 0 Å². The molecule has 5 nitrogen and oxygen atoms in total. The minimum absolute atomic E-state index is 0.129. The van der Waals surface area contributed by atoms with Gasteiger partial charge < -0.3 is 14.5 Å². The smallest absolute Gasteiger partial charge is 0.223 e. The van der Waals surface area contributed by atoms with Gasteiger partial charge in [-0.25, -0.2) is 0 Å². The molecule has 1 aromatic rings. The summed E-state index contributed by atoms with van der Waals surface area (Å²) in [6.07, 6.45) is 3.04. The zero-order valence-corrected chi connectivity index (χ0v) is 16.2. The molecule has 1 spiro atoms. The van der Waals surface area contributed by atoms with E-state index in [1.54, 1.807) is 6.92 Å². The lowest BCUT2D eigenvalue weighted by molar-refractivity contribution is -0.133. The van der Waals surface area contributed by atoms with Crippen molar-refractivity contribution < 1.29 is 14.3 Å². The minimum atomic E-state index is -0.255. The van der Waals surface area contributed by atoms with Crippen LogP contribution in [0.2, 0.25) is 0 Å². The SMILES string of the molecule is CCN(CC)C(=O)C[C@@H]1CC2(CCN(C(C)=O)CC2)Oc2ccccc21. The molecule has 1 aromatic carbocycles. The van der Waals surface area contributed by atoms with Crippen LogP contribution in [0, 0.1) is 0 Å². The molecule has 5 heteroatoms. The second kappa shape index (κ2) is 7.68. The number of amides is 2. The van der Waals surface area contributed by atoms with E-state index in [-0.39, 0.29) is 23.3 Å².